The van der Waals surface area contributed by atoms with Gasteiger partial charge in [-0.1, -0.05) is 0 Å². The van der Waals surface area contributed by atoms with Crippen molar-refractivity contribution < 1.29 is 4.79 Å². The zero-order valence-corrected chi connectivity index (χ0v) is 11.8. The molecule has 0 bridgehead atoms. The lowest BCUT2D eigenvalue weighted by Gasteiger charge is -2.09. The third kappa shape index (κ3) is 4.53. The van der Waals surface area contributed by atoms with Crippen molar-refractivity contribution in [1.82, 2.24) is 9.88 Å². The molecule has 0 aromatic carbocycles. The van der Waals surface area contributed by atoms with E-state index in [-0.39, 0.29) is 5.91 Å². The number of aromatic nitrogens is 1. The lowest BCUT2D eigenvalue weighted by Crippen LogP contribution is -2.21. The first-order chi connectivity index (χ1) is 7.61. The Kier molecular flexibility index (Phi) is 5.84. The van der Waals surface area contributed by atoms with Crippen molar-refractivity contribution in [2.24, 2.45) is 0 Å². The van der Waals surface area contributed by atoms with Crippen molar-refractivity contribution in [2.75, 3.05) is 19.8 Å². The number of nitrogens with zero attached hydrogens (tertiary/aromatic N) is 2. The van der Waals surface area contributed by atoms with Crippen LogP contribution in [0.5, 0.6) is 0 Å². The van der Waals surface area contributed by atoms with Crippen LogP contribution in [0.3, 0.4) is 0 Å². The highest BCUT2D eigenvalue weighted by Gasteiger charge is 2.04. The fourth-order valence-electron chi connectivity index (χ4n) is 1.09. The van der Waals surface area contributed by atoms with Crippen molar-refractivity contribution in [3.8, 4) is 0 Å². The van der Waals surface area contributed by atoms with Gasteiger partial charge in [-0.25, -0.2) is 4.98 Å². The molecule has 1 aromatic rings. The summed E-state index contributed by atoms with van der Waals surface area (Å²) in [5.41, 5.74) is 0. The molecule has 3 nitrogen and oxygen atoms in total. The highest BCUT2D eigenvalue weighted by atomic mass is 79.9. The number of carbonyl (C=O) groups is 1. The van der Waals surface area contributed by atoms with E-state index in [1.54, 1.807) is 37.0 Å². The van der Waals surface area contributed by atoms with Gasteiger partial charge >= 0.3 is 0 Å². The second kappa shape index (κ2) is 6.91. The van der Waals surface area contributed by atoms with Gasteiger partial charge in [0.15, 0.2) is 0 Å². The van der Waals surface area contributed by atoms with Gasteiger partial charge in [-0.15, -0.1) is 11.8 Å². The van der Waals surface area contributed by atoms with E-state index in [1.807, 2.05) is 12.1 Å². The molecule has 0 spiro atoms. The van der Waals surface area contributed by atoms with E-state index in [4.69, 9.17) is 0 Å². The quantitative estimate of drug-likeness (QED) is 0.619. The molecule has 88 valence electrons. The molecule has 0 aliphatic carbocycles. The maximum atomic E-state index is 11.3. The number of hydrogen-bond acceptors (Lipinski definition) is 3. The molecule has 0 fully saturated rings. The van der Waals surface area contributed by atoms with Crippen LogP contribution >= 0.6 is 27.7 Å². The average Bonchev–Trinajstić information content (AvgIpc) is 2.26. The van der Waals surface area contributed by atoms with Gasteiger partial charge in [0, 0.05) is 36.9 Å². The van der Waals surface area contributed by atoms with E-state index in [2.05, 4.69) is 20.9 Å². The maximum Gasteiger partial charge on any atom is 0.222 e. The minimum atomic E-state index is 0.181. The molecule has 1 amide bonds. The number of rotatable bonds is 5. The van der Waals surface area contributed by atoms with Crippen LogP contribution in [0.2, 0.25) is 0 Å². The van der Waals surface area contributed by atoms with Gasteiger partial charge < -0.3 is 4.90 Å². The summed E-state index contributed by atoms with van der Waals surface area (Å²) in [4.78, 5) is 17.2. The summed E-state index contributed by atoms with van der Waals surface area (Å²) in [7, 11) is 3.57. The van der Waals surface area contributed by atoms with E-state index in [0.717, 1.165) is 21.7 Å². The third-order valence-corrected chi connectivity index (χ3v) is 3.99. The number of halogens is 1. The van der Waals surface area contributed by atoms with Gasteiger partial charge in [-0.3, -0.25) is 4.79 Å². The van der Waals surface area contributed by atoms with Crippen LogP contribution in [0.1, 0.15) is 12.8 Å². The van der Waals surface area contributed by atoms with Crippen LogP contribution < -0.4 is 0 Å². The molecule has 0 radical (unpaired) electrons. The summed E-state index contributed by atoms with van der Waals surface area (Å²) >= 11 is 5.11. The Bertz CT molecular complexity index is 358. The van der Waals surface area contributed by atoms with E-state index in [0.29, 0.717) is 6.42 Å². The number of hydrogen-bond donors (Lipinski definition) is 0. The van der Waals surface area contributed by atoms with E-state index >= 15 is 0 Å². The highest BCUT2D eigenvalue weighted by molar-refractivity contribution is 9.10. The van der Waals surface area contributed by atoms with E-state index in [9.17, 15) is 4.79 Å². The Labute approximate surface area is 109 Å². The predicted octanol–water partition coefficient (Wildman–Crippen LogP) is 2.80. The number of amides is 1. The van der Waals surface area contributed by atoms with Gasteiger partial charge in [0.1, 0.15) is 5.03 Å². The summed E-state index contributed by atoms with van der Waals surface area (Å²) in [5.74, 6) is 1.09. The SMILES string of the molecule is CN(C)C(=O)CCCSc1ncccc1Br. The van der Waals surface area contributed by atoms with Crippen molar-refractivity contribution in [1.29, 1.82) is 0 Å². The van der Waals surface area contributed by atoms with Crippen LogP contribution in [0.4, 0.5) is 0 Å². The molecular weight excluding hydrogens is 288 g/mol. The van der Waals surface area contributed by atoms with Crippen LogP contribution in [-0.4, -0.2) is 35.6 Å². The van der Waals surface area contributed by atoms with Crippen molar-refractivity contribution >= 4 is 33.6 Å². The Morgan fingerprint density at radius 3 is 2.94 bits per heavy atom. The summed E-state index contributed by atoms with van der Waals surface area (Å²) in [6.45, 7) is 0. The molecule has 1 heterocycles. The Morgan fingerprint density at radius 1 is 1.56 bits per heavy atom. The lowest BCUT2D eigenvalue weighted by molar-refractivity contribution is -0.128. The smallest absolute Gasteiger partial charge is 0.222 e. The van der Waals surface area contributed by atoms with Crippen LogP contribution in [0.25, 0.3) is 0 Å². The molecule has 0 unspecified atom stereocenters. The van der Waals surface area contributed by atoms with Crippen LogP contribution in [0, 0.1) is 0 Å². The largest absolute Gasteiger partial charge is 0.349 e. The molecule has 0 N–H and O–H groups in total. The second-order valence-electron chi connectivity index (χ2n) is 3.53. The first-order valence-electron chi connectivity index (χ1n) is 5.04. The topological polar surface area (TPSA) is 33.2 Å². The maximum absolute atomic E-state index is 11.3. The standard InChI is InChI=1S/C11H15BrN2OS/c1-14(2)10(15)6-4-8-16-11-9(12)5-3-7-13-11/h3,5,7H,4,6,8H2,1-2H3. The van der Waals surface area contributed by atoms with Crippen LogP contribution in [-0.2, 0) is 4.79 Å². The molecule has 0 saturated carbocycles. The van der Waals surface area contributed by atoms with Crippen LogP contribution in [0.15, 0.2) is 27.8 Å². The molecular formula is C11H15BrN2OS. The minimum absolute atomic E-state index is 0.181. The Balaban J connectivity index is 2.26. The zero-order valence-electron chi connectivity index (χ0n) is 9.44. The monoisotopic (exact) mass is 302 g/mol. The highest BCUT2D eigenvalue weighted by Crippen LogP contribution is 2.25. The lowest BCUT2D eigenvalue weighted by atomic mass is 10.3. The molecule has 0 aliphatic heterocycles. The molecule has 0 saturated heterocycles. The van der Waals surface area contributed by atoms with Gasteiger partial charge in [-0.05, 0) is 34.5 Å². The van der Waals surface area contributed by atoms with E-state index < -0.39 is 0 Å². The molecule has 16 heavy (non-hydrogen) atoms. The van der Waals surface area contributed by atoms with E-state index in [1.165, 1.54) is 0 Å². The second-order valence-corrected chi connectivity index (χ2v) is 5.47. The predicted molar refractivity (Wildman–Crippen MR) is 70.6 cm³/mol. The fourth-order valence-corrected chi connectivity index (χ4v) is 2.51. The van der Waals surface area contributed by atoms with Gasteiger partial charge in [-0.2, -0.15) is 0 Å². The minimum Gasteiger partial charge on any atom is -0.349 e. The number of carbonyl (C=O) groups excluding carboxylic acids is 1. The average molecular weight is 303 g/mol. The summed E-state index contributed by atoms with van der Waals surface area (Å²) in [5, 5.41) is 0.986. The fraction of sp³-hybridized carbons (Fsp3) is 0.455. The normalized spacial score (nSPS) is 10.2. The Hall–Kier alpha value is -0.550. The molecule has 5 heteroatoms. The Morgan fingerprint density at radius 2 is 2.31 bits per heavy atom. The molecule has 0 aliphatic rings. The molecule has 1 rings (SSSR count). The third-order valence-electron chi connectivity index (χ3n) is 2.00. The molecule has 0 atom stereocenters. The number of thioether (sulfide) groups is 1. The van der Waals surface area contributed by atoms with Crippen molar-refractivity contribution in [3.63, 3.8) is 0 Å². The number of pyridine rings is 1. The zero-order chi connectivity index (χ0) is 12.0. The van der Waals surface area contributed by atoms with Crippen molar-refractivity contribution in [2.45, 2.75) is 17.9 Å². The summed E-state index contributed by atoms with van der Waals surface area (Å²) < 4.78 is 1.01. The summed E-state index contributed by atoms with van der Waals surface area (Å²) in [6.07, 6.45) is 3.26. The first-order valence-corrected chi connectivity index (χ1v) is 6.82. The van der Waals surface area contributed by atoms with Gasteiger partial charge in [0.05, 0.1) is 0 Å². The van der Waals surface area contributed by atoms with Crippen molar-refractivity contribution in [3.05, 3.63) is 22.8 Å². The summed E-state index contributed by atoms with van der Waals surface area (Å²) in [6, 6.07) is 3.87. The van der Waals surface area contributed by atoms with Gasteiger partial charge in [0.2, 0.25) is 5.91 Å². The first kappa shape index (κ1) is 13.5. The van der Waals surface area contributed by atoms with Gasteiger partial charge in [0.25, 0.3) is 0 Å². The molecule has 1 aromatic heterocycles.